The summed E-state index contributed by atoms with van der Waals surface area (Å²) in [7, 11) is 0. The summed E-state index contributed by atoms with van der Waals surface area (Å²) in [6.45, 7) is 7.94. The second kappa shape index (κ2) is 6.59. The van der Waals surface area contributed by atoms with E-state index in [0.29, 0.717) is 26.3 Å². The third-order valence-electron chi connectivity index (χ3n) is 3.11. The van der Waals surface area contributed by atoms with Gasteiger partial charge in [0.25, 0.3) is 0 Å². The fraction of sp³-hybridized carbons (Fsp3) is 0.833. The molecule has 1 rings (SSSR count). The molecule has 1 saturated heterocycles. The summed E-state index contributed by atoms with van der Waals surface area (Å²) in [4.78, 5) is 25.4. The Balaban J connectivity index is 2.43. The van der Waals surface area contributed by atoms with E-state index >= 15 is 0 Å². The SMILES string of the molecule is CCC(C)C(=O)NC(C)C(=O)N1CCOCC1. The summed E-state index contributed by atoms with van der Waals surface area (Å²) < 4.78 is 5.19. The number of nitrogens with zero attached hydrogens (tertiary/aromatic N) is 1. The molecular weight excluding hydrogens is 220 g/mol. The molecule has 0 aliphatic carbocycles. The first kappa shape index (κ1) is 14.0. The average Bonchev–Trinajstić information content (AvgIpc) is 2.37. The fourth-order valence-corrected chi connectivity index (χ4v) is 1.66. The van der Waals surface area contributed by atoms with Crippen LogP contribution in [0.1, 0.15) is 27.2 Å². The third kappa shape index (κ3) is 4.00. The molecule has 2 atom stereocenters. The van der Waals surface area contributed by atoms with Gasteiger partial charge in [0.05, 0.1) is 13.2 Å². The maximum Gasteiger partial charge on any atom is 0.245 e. The van der Waals surface area contributed by atoms with Gasteiger partial charge in [0, 0.05) is 19.0 Å². The van der Waals surface area contributed by atoms with E-state index < -0.39 is 6.04 Å². The highest BCUT2D eigenvalue weighted by Gasteiger charge is 2.24. The van der Waals surface area contributed by atoms with Crippen LogP contribution in [0.5, 0.6) is 0 Å². The van der Waals surface area contributed by atoms with Crippen LogP contribution < -0.4 is 5.32 Å². The van der Waals surface area contributed by atoms with E-state index in [1.807, 2.05) is 13.8 Å². The van der Waals surface area contributed by atoms with Gasteiger partial charge in [0.2, 0.25) is 11.8 Å². The highest BCUT2D eigenvalue weighted by molar-refractivity contribution is 5.88. The van der Waals surface area contributed by atoms with E-state index in [2.05, 4.69) is 5.32 Å². The van der Waals surface area contributed by atoms with Crippen LogP contribution in [-0.4, -0.2) is 49.1 Å². The highest BCUT2D eigenvalue weighted by atomic mass is 16.5. The van der Waals surface area contributed by atoms with Crippen molar-refractivity contribution in [1.29, 1.82) is 0 Å². The first-order valence-corrected chi connectivity index (χ1v) is 6.23. The Bertz CT molecular complexity index is 275. The van der Waals surface area contributed by atoms with Gasteiger partial charge < -0.3 is 15.0 Å². The van der Waals surface area contributed by atoms with Crippen molar-refractivity contribution in [2.75, 3.05) is 26.3 Å². The monoisotopic (exact) mass is 242 g/mol. The van der Waals surface area contributed by atoms with Crippen LogP contribution in [0.25, 0.3) is 0 Å². The Kier molecular flexibility index (Phi) is 5.41. The minimum absolute atomic E-state index is 0.0232. The Morgan fingerprint density at radius 1 is 1.29 bits per heavy atom. The largest absolute Gasteiger partial charge is 0.378 e. The molecule has 1 aliphatic heterocycles. The fourth-order valence-electron chi connectivity index (χ4n) is 1.66. The summed E-state index contributed by atoms with van der Waals surface area (Å²) in [6, 6.07) is -0.449. The average molecular weight is 242 g/mol. The molecule has 5 heteroatoms. The van der Waals surface area contributed by atoms with Crippen LogP contribution in [0.4, 0.5) is 0 Å². The predicted molar refractivity (Wildman–Crippen MR) is 64.5 cm³/mol. The van der Waals surface area contributed by atoms with Crippen molar-refractivity contribution in [3.8, 4) is 0 Å². The van der Waals surface area contributed by atoms with E-state index in [4.69, 9.17) is 4.74 Å². The van der Waals surface area contributed by atoms with Crippen molar-refractivity contribution in [1.82, 2.24) is 10.2 Å². The topological polar surface area (TPSA) is 58.6 Å². The molecule has 2 amide bonds. The van der Waals surface area contributed by atoms with E-state index in [9.17, 15) is 9.59 Å². The normalized spacial score (nSPS) is 19.6. The maximum absolute atomic E-state index is 12.0. The van der Waals surface area contributed by atoms with Gasteiger partial charge in [-0.25, -0.2) is 0 Å². The molecule has 0 bridgehead atoms. The molecule has 0 radical (unpaired) electrons. The number of amides is 2. The molecule has 0 aromatic rings. The number of hydrogen-bond donors (Lipinski definition) is 1. The maximum atomic E-state index is 12.0. The van der Waals surface area contributed by atoms with E-state index in [1.165, 1.54) is 0 Å². The van der Waals surface area contributed by atoms with Crippen LogP contribution >= 0.6 is 0 Å². The van der Waals surface area contributed by atoms with Gasteiger partial charge in [0.15, 0.2) is 0 Å². The van der Waals surface area contributed by atoms with Crippen LogP contribution in [0.2, 0.25) is 0 Å². The number of carbonyl (C=O) groups is 2. The van der Waals surface area contributed by atoms with Crippen molar-refractivity contribution >= 4 is 11.8 Å². The number of hydrogen-bond acceptors (Lipinski definition) is 3. The smallest absolute Gasteiger partial charge is 0.245 e. The molecule has 17 heavy (non-hydrogen) atoms. The molecular formula is C12H22N2O3. The highest BCUT2D eigenvalue weighted by Crippen LogP contribution is 2.04. The van der Waals surface area contributed by atoms with Crippen molar-refractivity contribution in [3.05, 3.63) is 0 Å². The van der Waals surface area contributed by atoms with E-state index in [0.717, 1.165) is 6.42 Å². The zero-order valence-electron chi connectivity index (χ0n) is 10.9. The number of nitrogens with one attached hydrogen (secondary N) is 1. The zero-order valence-corrected chi connectivity index (χ0v) is 10.9. The number of ether oxygens (including phenoxy) is 1. The van der Waals surface area contributed by atoms with Crippen LogP contribution in [-0.2, 0) is 14.3 Å². The summed E-state index contributed by atoms with van der Waals surface area (Å²) in [5, 5.41) is 2.76. The number of morpholine rings is 1. The lowest BCUT2D eigenvalue weighted by atomic mass is 10.1. The van der Waals surface area contributed by atoms with Gasteiger partial charge in [-0.1, -0.05) is 13.8 Å². The minimum Gasteiger partial charge on any atom is -0.378 e. The molecule has 0 spiro atoms. The first-order valence-electron chi connectivity index (χ1n) is 6.23. The quantitative estimate of drug-likeness (QED) is 0.776. The molecule has 1 fully saturated rings. The van der Waals surface area contributed by atoms with Gasteiger partial charge in [0.1, 0.15) is 6.04 Å². The van der Waals surface area contributed by atoms with Crippen molar-refractivity contribution in [2.45, 2.75) is 33.2 Å². The van der Waals surface area contributed by atoms with Crippen LogP contribution in [0, 0.1) is 5.92 Å². The summed E-state index contributed by atoms with van der Waals surface area (Å²) in [5.74, 6) is -0.124. The lowest BCUT2D eigenvalue weighted by Crippen LogP contribution is -2.51. The molecule has 1 heterocycles. The zero-order chi connectivity index (χ0) is 12.8. The summed E-state index contributed by atoms with van der Waals surface area (Å²) in [6.07, 6.45) is 0.782. The molecule has 0 saturated carbocycles. The second-order valence-corrected chi connectivity index (χ2v) is 4.48. The van der Waals surface area contributed by atoms with E-state index in [-0.39, 0.29) is 17.7 Å². The summed E-state index contributed by atoms with van der Waals surface area (Å²) in [5.41, 5.74) is 0. The minimum atomic E-state index is -0.449. The van der Waals surface area contributed by atoms with Crippen molar-refractivity contribution in [3.63, 3.8) is 0 Å². The molecule has 1 N–H and O–H groups in total. The Labute approximate surface area is 102 Å². The second-order valence-electron chi connectivity index (χ2n) is 4.48. The number of carbonyl (C=O) groups excluding carboxylic acids is 2. The Morgan fingerprint density at radius 3 is 2.41 bits per heavy atom. The van der Waals surface area contributed by atoms with Gasteiger partial charge >= 0.3 is 0 Å². The third-order valence-corrected chi connectivity index (χ3v) is 3.11. The van der Waals surface area contributed by atoms with Crippen LogP contribution in [0.15, 0.2) is 0 Å². The van der Waals surface area contributed by atoms with Gasteiger partial charge in [-0.05, 0) is 13.3 Å². The van der Waals surface area contributed by atoms with E-state index in [1.54, 1.807) is 11.8 Å². The molecule has 1 aliphatic rings. The molecule has 0 aromatic carbocycles. The van der Waals surface area contributed by atoms with Crippen molar-refractivity contribution < 1.29 is 14.3 Å². The molecule has 98 valence electrons. The number of rotatable bonds is 4. The van der Waals surface area contributed by atoms with Crippen LogP contribution in [0.3, 0.4) is 0 Å². The summed E-state index contributed by atoms with van der Waals surface area (Å²) >= 11 is 0. The van der Waals surface area contributed by atoms with Gasteiger partial charge in [-0.15, -0.1) is 0 Å². The molecule has 0 aromatic heterocycles. The molecule has 5 nitrogen and oxygen atoms in total. The Hall–Kier alpha value is -1.10. The standard InChI is InChI=1S/C12H22N2O3/c1-4-9(2)11(15)13-10(3)12(16)14-5-7-17-8-6-14/h9-10H,4-8H2,1-3H3,(H,13,15). The van der Waals surface area contributed by atoms with Gasteiger partial charge in [-0.3, -0.25) is 9.59 Å². The predicted octanol–water partition coefficient (Wildman–Crippen LogP) is 0.396. The lowest BCUT2D eigenvalue weighted by molar-refractivity contribution is -0.140. The van der Waals surface area contributed by atoms with Gasteiger partial charge in [-0.2, -0.15) is 0 Å². The molecule has 2 unspecified atom stereocenters. The lowest BCUT2D eigenvalue weighted by Gasteiger charge is -2.29. The Morgan fingerprint density at radius 2 is 1.88 bits per heavy atom. The van der Waals surface area contributed by atoms with Crippen molar-refractivity contribution in [2.24, 2.45) is 5.92 Å². The first-order chi connectivity index (χ1) is 8.06.